The van der Waals surface area contributed by atoms with Crippen molar-refractivity contribution in [3.8, 4) is 33.9 Å². The summed E-state index contributed by atoms with van der Waals surface area (Å²) in [5, 5.41) is 13.8. The summed E-state index contributed by atoms with van der Waals surface area (Å²) >= 11 is 5.84. The van der Waals surface area contributed by atoms with Crippen LogP contribution in [-0.2, 0) is 4.74 Å². The van der Waals surface area contributed by atoms with Gasteiger partial charge in [0.1, 0.15) is 23.1 Å². The highest BCUT2D eigenvalue weighted by Gasteiger charge is 2.12. The van der Waals surface area contributed by atoms with E-state index in [0.717, 1.165) is 12.0 Å². The van der Waals surface area contributed by atoms with Gasteiger partial charge in [-0.05, 0) is 67.8 Å². The number of hydrogen-bond acceptors (Lipinski definition) is 5. The molecule has 0 saturated carbocycles. The monoisotopic (exact) mass is 444 g/mol. The summed E-state index contributed by atoms with van der Waals surface area (Å²) in [5.74, 6) is 0.705. The number of rotatable bonds is 9. The SMILES string of the molecule is COc1ccc(-c2cc(-c3ccc(Cl)c(F)c3)cc(NCCCOC(C)C)n2)c(O)c1. The second kappa shape index (κ2) is 10.5. The van der Waals surface area contributed by atoms with Crippen LogP contribution in [0.5, 0.6) is 11.5 Å². The van der Waals surface area contributed by atoms with Crippen LogP contribution in [0.4, 0.5) is 10.2 Å². The quantitative estimate of drug-likeness (QED) is 0.387. The van der Waals surface area contributed by atoms with Crippen molar-refractivity contribution in [2.75, 3.05) is 25.6 Å². The minimum atomic E-state index is -0.495. The highest BCUT2D eigenvalue weighted by Crippen LogP contribution is 2.35. The maximum atomic E-state index is 14.1. The average molecular weight is 445 g/mol. The summed E-state index contributed by atoms with van der Waals surface area (Å²) in [5.41, 5.74) is 2.50. The van der Waals surface area contributed by atoms with Crippen molar-refractivity contribution < 1.29 is 19.0 Å². The van der Waals surface area contributed by atoms with Gasteiger partial charge in [0.2, 0.25) is 0 Å². The minimum absolute atomic E-state index is 0.0440. The number of hydrogen-bond donors (Lipinski definition) is 2. The number of aromatic nitrogens is 1. The zero-order valence-corrected chi connectivity index (χ0v) is 18.5. The molecule has 0 bridgehead atoms. The van der Waals surface area contributed by atoms with Crippen molar-refractivity contribution in [2.24, 2.45) is 0 Å². The Kier molecular flexibility index (Phi) is 7.71. The maximum Gasteiger partial charge on any atom is 0.142 e. The molecular weight excluding hydrogens is 419 g/mol. The molecule has 164 valence electrons. The molecule has 0 saturated heterocycles. The Bertz CT molecular complexity index is 1040. The van der Waals surface area contributed by atoms with E-state index in [2.05, 4.69) is 10.3 Å². The fraction of sp³-hybridized carbons (Fsp3) is 0.292. The molecule has 2 aromatic carbocycles. The van der Waals surface area contributed by atoms with Crippen LogP contribution < -0.4 is 10.1 Å². The van der Waals surface area contributed by atoms with Crippen molar-refractivity contribution in [2.45, 2.75) is 26.4 Å². The molecule has 0 fully saturated rings. The van der Waals surface area contributed by atoms with Crippen LogP contribution in [-0.4, -0.2) is 36.5 Å². The number of pyridine rings is 1. The molecule has 0 radical (unpaired) electrons. The molecule has 1 heterocycles. The number of benzene rings is 2. The van der Waals surface area contributed by atoms with Gasteiger partial charge in [-0.1, -0.05) is 17.7 Å². The van der Waals surface area contributed by atoms with Crippen LogP contribution >= 0.6 is 11.6 Å². The number of nitrogens with one attached hydrogen (secondary N) is 1. The van der Waals surface area contributed by atoms with E-state index in [1.165, 1.54) is 25.3 Å². The number of nitrogens with zero attached hydrogens (tertiary/aromatic N) is 1. The topological polar surface area (TPSA) is 63.6 Å². The van der Waals surface area contributed by atoms with Gasteiger partial charge in [-0.2, -0.15) is 0 Å². The average Bonchev–Trinajstić information content (AvgIpc) is 2.74. The number of halogens is 2. The molecular formula is C24H26ClFN2O3. The number of anilines is 1. The van der Waals surface area contributed by atoms with Crippen LogP contribution in [0.15, 0.2) is 48.5 Å². The third-order valence-corrected chi connectivity index (χ3v) is 4.94. The Hall–Kier alpha value is -2.83. The van der Waals surface area contributed by atoms with Crippen LogP contribution in [0.25, 0.3) is 22.4 Å². The normalized spacial score (nSPS) is 11.0. The molecule has 0 aliphatic rings. The summed E-state index contributed by atoms with van der Waals surface area (Å²) in [6.45, 7) is 5.29. The Morgan fingerprint density at radius 1 is 1.10 bits per heavy atom. The van der Waals surface area contributed by atoms with Crippen molar-refractivity contribution in [3.05, 3.63) is 59.4 Å². The first-order valence-corrected chi connectivity index (χ1v) is 10.5. The van der Waals surface area contributed by atoms with E-state index in [1.807, 2.05) is 19.9 Å². The van der Waals surface area contributed by atoms with E-state index < -0.39 is 5.82 Å². The Labute approximate surface area is 186 Å². The molecule has 5 nitrogen and oxygen atoms in total. The van der Waals surface area contributed by atoms with Gasteiger partial charge in [0.25, 0.3) is 0 Å². The van der Waals surface area contributed by atoms with E-state index >= 15 is 0 Å². The lowest BCUT2D eigenvalue weighted by atomic mass is 10.0. The van der Waals surface area contributed by atoms with E-state index in [4.69, 9.17) is 21.1 Å². The van der Waals surface area contributed by atoms with Crippen LogP contribution in [0.2, 0.25) is 5.02 Å². The van der Waals surface area contributed by atoms with Crippen LogP contribution in [0.1, 0.15) is 20.3 Å². The fourth-order valence-electron chi connectivity index (χ4n) is 3.06. The second-order valence-electron chi connectivity index (χ2n) is 7.34. The van der Waals surface area contributed by atoms with Gasteiger partial charge < -0.3 is 19.9 Å². The molecule has 0 aliphatic carbocycles. The summed E-state index contributed by atoms with van der Waals surface area (Å²) in [7, 11) is 1.54. The third-order valence-electron chi connectivity index (χ3n) is 4.64. The molecule has 0 spiro atoms. The van der Waals surface area contributed by atoms with E-state index in [-0.39, 0.29) is 16.9 Å². The van der Waals surface area contributed by atoms with Gasteiger partial charge in [-0.25, -0.2) is 9.37 Å². The Morgan fingerprint density at radius 3 is 2.58 bits per heavy atom. The van der Waals surface area contributed by atoms with E-state index in [9.17, 15) is 9.50 Å². The number of ether oxygens (including phenoxy) is 2. The van der Waals surface area contributed by atoms with Gasteiger partial charge in [-0.15, -0.1) is 0 Å². The Morgan fingerprint density at radius 2 is 1.90 bits per heavy atom. The molecule has 3 aromatic rings. The van der Waals surface area contributed by atoms with Gasteiger partial charge in [-0.3, -0.25) is 0 Å². The lowest BCUT2D eigenvalue weighted by Gasteiger charge is -2.13. The lowest BCUT2D eigenvalue weighted by Crippen LogP contribution is -2.10. The summed E-state index contributed by atoms with van der Waals surface area (Å²) in [6.07, 6.45) is 0.994. The van der Waals surface area contributed by atoms with Gasteiger partial charge in [0.15, 0.2) is 0 Å². The lowest BCUT2D eigenvalue weighted by molar-refractivity contribution is 0.0787. The van der Waals surface area contributed by atoms with Crippen molar-refractivity contribution >= 4 is 17.4 Å². The Balaban J connectivity index is 1.94. The van der Waals surface area contributed by atoms with Crippen molar-refractivity contribution in [1.29, 1.82) is 0 Å². The zero-order chi connectivity index (χ0) is 22.4. The van der Waals surface area contributed by atoms with Gasteiger partial charge >= 0.3 is 0 Å². The van der Waals surface area contributed by atoms with Gasteiger partial charge in [0, 0.05) is 24.8 Å². The smallest absolute Gasteiger partial charge is 0.142 e. The first-order chi connectivity index (χ1) is 14.9. The van der Waals surface area contributed by atoms with Gasteiger partial charge in [0.05, 0.1) is 23.9 Å². The number of phenolic OH excluding ortho intramolecular Hbond substituents is 1. The highest BCUT2D eigenvalue weighted by atomic mass is 35.5. The first kappa shape index (κ1) is 22.8. The molecule has 0 atom stereocenters. The molecule has 31 heavy (non-hydrogen) atoms. The molecule has 2 N–H and O–H groups in total. The number of phenols is 1. The highest BCUT2D eigenvalue weighted by molar-refractivity contribution is 6.30. The molecule has 0 unspecified atom stereocenters. The summed E-state index contributed by atoms with van der Waals surface area (Å²) < 4.78 is 24.8. The maximum absolute atomic E-state index is 14.1. The predicted octanol–water partition coefficient (Wildman–Crippen LogP) is 6.15. The first-order valence-electron chi connectivity index (χ1n) is 10.1. The number of aromatic hydroxyl groups is 1. The summed E-state index contributed by atoms with van der Waals surface area (Å²) in [4.78, 5) is 4.65. The third kappa shape index (κ3) is 6.09. The summed E-state index contributed by atoms with van der Waals surface area (Å²) in [6, 6.07) is 13.3. The standard InChI is InChI=1S/C24H26ClFN2O3/c1-15(2)31-10-4-9-27-24-13-17(16-5-8-20(25)21(26)11-16)12-22(28-24)19-7-6-18(30-3)14-23(19)29/h5-8,11-15,29H,4,9-10H2,1-3H3,(H,27,28). The molecule has 1 aromatic heterocycles. The molecule has 7 heteroatoms. The van der Waals surface area contributed by atoms with Crippen molar-refractivity contribution in [1.82, 2.24) is 4.98 Å². The largest absolute Gasteiger partial charge is 0.507 e. The fourth-order valence-corrected chi connectivity index (χ4v) is 3.18. The zero-order valence-electron chi connectivity index (χ0n) is 17.8. The van der Waals surface area contributed by atoms with E-state index in [1.54, 1.807) is 24.3 Å². The number of methoxy groups -OCH3 is 1. The molecule has 3 rings (SSSR count). The van der Waals surface area contributed by atoms with Crippen LogP contribution in [0, 0.1) is 5.82 Å². The van der Waals surface area contributed by atoms with E-state index in [0.29, 0.717) is 41.5 Å². The second-order valence-corrected chi connectivity index (χ2v) is 7.75. The minimum Gasteiger partial charge on any atom is -0.507 e. The van der Waals surface area contributed by atoms with Crippen molar-refractivity contribution in [3.63, 3.8) is 0 Å². The molecule has 0 amide bonds. The predicted molar refractivity (Wildman–Crippen MR) is 122 cm³/mol. The molecule has 0 aliphatic heterocycles. The van der Waals surface area contributed by atoms with Crippen LogP contribution in [0.3, 0.4) is 0 Å².